The smallest absolute Gasteiger partial charge is 0.137 e. The molecule has 65 heavy (non-hydrogen) atoms. The van der Waals surface area contributed by atoms with Crippen LogP contribution in [0, 0.1) is 6.85 Å². The van der Waals surface area contributed by atoms with E-state index in [1.165, 1.54) is 5.56 Å². The Kier molecular flexibility index (Phi) is 8.18. The number of para-hydroxylation sites is 3. The molecule has 10 aromatic rings. The fourth-order valence-corrected chi connectivity index (χ4v) is 9.51. The van der Waals surface area contributed by atoms with Crippen LogP contribution in [0.2, 0.25) is 0 Å². The van der Waals surface area contributed by atoms with E-state index in [-0.39, 0.29) is 11.0 Å². The van der Waals surface area contributed by atoms with Crippen molar-refractivity contribution in [2.24, 2.45) is 0 Å². The van der Waals surface area contributed by atoms with Crippen LogP contribution in [-0.4, -0.2) is 16.2 Å². The number of benzene rings is 8. The summed E-state index contributed by atoms with van der Waals surface area (Å²) in [7, 11) is 0. The number of pyridine rings is 1. The van der Waals surface area contributed by atoms with Gasteiger partial charge in [0.1, 0.15) is 35.5 Å². The highest BCUT2D eigenvalue weighted by atomic mass is 16.5. The summed E-state index contributed by atoms with van der Waals surface area (Å²) in [5.74, 6) is 3.14. The van der Waals surface area contributed by atoms with Crippen molar-refractivity contribution in [3.05, 3.63) is 205 Å². The Bertz CT molecular complexity index is 3580. The number of nitrogens with zero attached hydrogens (tertiary/aromatic N) is 4. The molecule has 7 aliphatic rings. The van der Waals surface area contributed by atoms with Crippen LogP contribution < -0.4 is 19.3 Å². The number of rotatable bonds is 1. The highest BCUT2D eigenvalue weighted by Gasteiger charge is 2.31. The molecule has 0 atom stereocenters. The molecule has 0 radical (unpaired) electrons. The molecule has 314 valence electrons. The maximum absolute atomic E-state index is 8.76. The first kappa shape index (κ1) is 35.4. The van der Waals surface area contributed by atoms with E-state index in [0.29, 0.717) is 41.0 Å². The molecule has 6 nitrogen and oxygen atoms in total. The summed E-state index contributed by atoms with van der Waals surface area (Å²) < 4.78 is 41.6. The summed E-state index contributed by atoms with van der Waals surface area (Å²) in [4.78, 5) is 9.77. The largest absolute Gasteiger partial charge is 0.457 e. The van der Waals surface area contributed by atoms with Crippen molar-refractivity contribution in [3.8, 4) is 62.2 Å². The monoisotopic (exact) mass is 845 g/mol. The van der Waals surface area contributed by atoms with Gasteiger partial charge in [0.05, 0.1) is 28.1 Å². The van der Waals surface area contributed by atoms with Crippen molar-refractivity contribution in [2.75, 3.05) is 16.5 Å². The topological polar surface area (TPSA) is 42.8 Å². The molecule has 9 heterocycles. The van der Waals surface area contributed by atoms with Crippen LogP contribution in [0.5, 0.6) is 23.0 Å². The predicted molar refractivity (Wildman–Crippen MR) is 267 cm³/mol. The first-order valence-electron chi connectivity index (χ1n) is 23.5. The lowest BCUT2D eigenvalue weighted by Crippen LogP contribution is -2.24. The lowest BCUT2D eigenvalue weighted by atomic mass is 9.86. The van der Waals surface area contributed by atoms with Crippen LogP contribution in [0.25, 0.3) is 61.0 Å². The fraction of sp³-hybridized carbons (Fsp3) is 0.102. The lowest BCUT2D eigenvalue weighted by molar-refractivity contribution is 0.482. The van der Waals surface area contributed by atoms with Gasteiger partial charge < -0.3 is 19.3 Å². The van der Waals surface area contributed by atoms with Gasteiger partial charge in [-0.25, -0.2) is 4.98 Å². The maximum atomic E-state index is 8.76. The van der Waals surface area contributed by atoms with Gasteiger partial charge in [-0.1, -0.05) is 118 Å². The second kappa shape index (κ2) is 15.0. The van der Waals surface area contributed by atoms with E-state index in [1.54, 1.807) is 12.3 Å². The van der Waals surface area contributed by atoms with Gasteiger partial charge >= 0.3 is 0 Å². The first-order valence-corrected chi connectivity index (χ1v) is 22.0. The molecule has 0 spiro atoms. The van der Waals surface area contributed by atoms with Crippen LogP contribution >= 0.6 is 0 Å². The highest BCUT2D eigenvalue weighted by molar-refractivity contribution is 6.10. The van der Waals surface area contributed by atoms with Gasteiger partial charge in [0.25, 0.3) is 0 Å². The molecule has 6 heteroatoms. The van der Waals surface area contributed by atoms with E-state index in [4.69, 9.17) is 18.6 Å². The maximum Gasteiger partial charge on any atom is 0.137 e. The SMILES string of the molecule is [2H]C([2H])([2H])c1cc2ncc1-c1ccc(cc1)Oc1ccc(cc1)-c1cccc(-c3ccccc3)c1N1CN(c3cccc(c3)Oc3ccc4c5cc(C(C)(C)C)ccc5n-2c4c3)c2ccccc21. The van der Waals surface area contributed by atoms with Crippen molar-refractivity contribution in [1.82, 2.24) is 9.55 Å². The molecular weight excluding hydrogens is 797 g/mol. The summed E-state index contributed by atoms with van der Waals surface area (Å²) in [5.41, 5.74) is 13.0. The van der Waals surface area contributed by atoms with E-state index in [1.807, 2.05) is 60.7 Å². The molecule has 8 aromatic carbocycles. The number of ether oxygens (including phenoxy) is 2. The second-order valence-electron chi connectivity index (χ2n) is 17.9. The fourth-order valence-electron chi connectivity index (χ4n) is 9.51. The Balaban J connectivity index is 1.06. The Morgan fingerprint density at radius 2 is 1.14 bits per heavy atom. The average molecular weight is 846 g/mol. The molecule has 0 N–H and O–H groups in total. The minimum atomic E-state index is -2.43. The number of hydrogen-bond donors (Lipinski definition) is 0. The van der Waals surface area contributed by atoms with E-state index >= 15 is 0 Å². The third-order valence-corrected chi connectivity index (χ3v) is 12.8. The first-order chi connectivity index (χ1) is 32.9. The molecule has 0 amide bonds. The standard InChI is InChI=1S/C59H46N4O2/c1-38-32-57-60-36-52(38)41-22-27-45(28-23-41)64-44-25-20-40(21-26-44)49-17-11-16-48(39-12-6-5-7-13-39)58(49)62-37-61(54-18-8-9-19-55(54)62)43-14-10-15-46(34-43)65-47-29-30-50-51-33-42(59(2,3)4)24-31-53(51)63(57)56(50)35-47/h5-36H,37H2,1-4H3/i1D3. The number of hydrogen-bond acceptors (Lipinski definition) is 5. The molecule has 17 rings (SSSR count). The van der Waals surface area contributed by atoms with Crippen LogP contribution in [0.4, 0.5) is 22.7 Å². The second-order valence-corrected chi connectivity index (χ2v) is 17.9. The zero-order chi connectivity index (χ0) is 46.3. The summed E-state index contributed by atoms with van der Waals surface area (Å²) in [6.45, 7) is 4.75. The van der Waals surface area contributed by atoms with Crippen molar-refractivity contribution in [3.63, 3.8) is 0 Å². The third kappa shape index (κ3) is 6.68. The van der Waals surface area contributed by atoms with Gasteiger partial charge in [-0.15, -0.1) is 0 Å². The lowest BCUT2D eigenvalue weighted by Gasteiger charge is -2.27. The molecule has 0 saturated carbocycles. The molecule has 0 saturated heterocycles. The van der Waals surface area contributed by atoms with Crippen LogP contribution in [0.1, 0.15) is 36.0 Å². The van der Waals surface area contributed by atoms with Crippen LogP contribution in [-0.2, 0) is 5.41 Å². The molecule has 0 unspecified atom stereocenters. The minimum Gasteiger partial charge on any atom is -0.457 e. The third-order valence-electron chi connectivity index (χ3n) is 12.8. The zero-order valence-corrected chi connectivity index (χ0v) is 36.3. The van der Waals surface area contributed by atoms with Gasteiger partial charge in [-0.2, -0.15) is 0 Å². The number of anilines is 4. The van der Waals surface area contributed by atoms with E-state index < -0.39 is 6.85 Å². The average Bonchev–Trinajstić information content (AvgIpc) is 3.89. The van der Waals surface area contributed by atoms with E-state index in [0.717, 1.165) is 72.4 Å². The number of aromatic nitrogens is 2. The van der Waals surface area contributed by atoms with Crippen molar-refractivity contribution >= 4 is 44.6 Å². The van der Waals surface area contributed by atoms with Crippen LogP contribution in [0.15, 0.2) is 194 Å². The van der Waals surface area contributed by atoms with Gasteiger partial charge in [0, 0.05) is 55.6 Å². The van der Waals surface area contributed by atoms with E-state index in [9.17, 15) is 0 Å². The van der Waals surface area contributed by atoms with Gasteiger partial charge in [0.15, 0.2) is 0 Å². The van der Waals surface area contributed by atoms with Crippen molar-refractivity contribution < 1.29 is 13.6 Å². The summed E-state index contributed by atoms with van der Waals surface area (Å²) in [5, 5.41) is 2.06. The molecule has 7 aliphatic heterocycles. The minimum absolute atomic E-state index is 0.0905. The quantitative estimate of drug-likeness (QED) is 0.165. The van der Waals surface area contributed by atoms with Gasteiger partial charge in [0.2, 0.25) is 0 Å². The Labute approximate surface area is 383 Å². The molecule has 2 aromatic heterocycles. The molecule has 0 aliphatic carbocycles. The summed E-state index contributed by atoms with van der Waals surface area (Å²) in [6, 6.07) is 64.0. The summed E-state index contributed by atoms with van der Waals surface area (Å²) >= 11 is 0. The van der Waals surface area contributed by atoms with E-state index in [2.05, 4.69) is 156 Å². The highest BCUT2D eigenvalue weighted by Crippen LogP contribution is 2.50. The Morgan fingerprint density at radius 1 is 0.508 bits per heavy atom. The van der Waals surface area contributed by atoms with Crippen molar-refractivity contribution in [1.29, 1.82) is 0 Å². The summed E-state index contributed by atoms with van der Waals surface area (Å²) in [6.07, 6.45) is 1.68. The molecular formula is C59H46N4O2. The number of aryl methyl sites for hydroxylation is 1. The van der Waals surface area contributed by atoms with Gasteiger partial charge in [-0.05, 0) is 119 Å². The van der Waals surface area contributed by atoms with Gasteiger partial charge in [-0.3, -0.25) is 4.57 Å². The Hall–Kier alpha value is -8.09. The number of fused-ring (bicyclic) bond motifs is 3. The van der Waals surface area contributed by atoms with Crippen molar-refractivity contribution in [2.45, 2.75) is 33.0 Å². The van der Waals surface area contributed by atoms with Crippen LogP contribution in [0.3, 0.4) is 0 Å². The predicted octanol–water partition coefficient (Wildman–Crippen LogP) is 15.9. The Morgan fingerprint density at radius 3 is 1.86 bits per heavy atom. The molecule has 12 bridgehead atoms. The zero-order valence-electron chi connectivity index (χ0n) is 39.3. The molecule has 0 fully saturated rings. The normalized spacial score (nSPS) is 13.9.